The number of aliphatic hydroxyl groups is 1. The zero-order valence-corrected chi connectivity index (χ0v) is 32.3. The van der Waals surface area contributed by atoms with Crippen molar-refractivity contribution in [2.75, 3.05) is 19.8 Å². The number of aliphatic hydroxyl groups excluding tert-OH is 1. The van der Waals surface area contributed by atoms with Gasteiger partial charge in [-0.05, 0) is 109 Å². The first kappa shape index (κ1) is 47.5. The van der Waals surface area contributed by atoms with E-state index >= 15 is 0 Å². The fourth-order valence-electron chi connectivity index (χ4n) is 4.59. The highest BCUT2D eigenvalue weighted by Gasteiger charge is 2.13. The van der Waals surface area contributed by atoms with Crippen LogP contribution < -0.4 is 0 Å². The first-order valence-corrected chi connectivity index (χ1v) is 19.8. The number of unbranched alkanes of at least 4 members (excludes halogenated alkanes) is 4. The minimum absolute atomic E-state index is 0.217. The van der Waals surface area contributed by atoms with Crippen LogP contribution in [0.2, 0.25) is 0 Å². The highest BCUT2D eigenvalue weighted by atomic mass is 16.6. The van der Waals surface area contributed by atoms with Crippen molar-refractivity contribution < 1.29 is 19.4 Å². The van der Waals surface area contributed by atoms with Crippen molar-refractivity contribution in [2.45, 2.75) is 136 Å². The molecule has 1 unspecified atom stereocenters. The summed E-state index contributed by atoms with van der Waals surface area (Å²) >= 11 is 0. The lowest BCUT2D eigenvalue weighted by Gasteiger charge is -2.15. The normalized spacial score (nSPS) is 13.9. The average Bonchev–Trinajstić information content (AvgIpc) is 3.14. The van der Waals surface area contributed by atoms with Gasteiger partial charge < -0.3 is 14.6 Å². The summed E-state index contributed by atoms with van der Waals surface area (Å²) in [5.74, 6) is -0.264. The maximum absolute atomic E-state index is 12.1. The number of hydrogen-bond acceptors (Lipinski definition) is 4. The number of allylic oxidation sites excluding steroid dienone is 22. The third-order valence-corrected chi connectivity index (χ3v) is 7.47. The standard InChI is InChI=1S/C47H72O4/c1-3-5-7-9-11-13-15-17-19-20-21-22-23-24-25-26-27-29-31-33-35-37-39-41-43-50-45-46(44-48)51-47(49)42-40-38-36-34-32-30-28-18-16-14-12-10-8-6-4-2/h5-8,11-14,17-19,21-22,24-25,27-29,32-35,46,48H,3-4,9-10,15-16,20,23,26,30-31,36-45H2,1-2H3/b7-5-,8-6-,13-11-,14-12-,19-17-,22-21-,25-24-,28-18-,29-27-,34-32-,35-33-. The molecule has 0 spiro atoms. The van der Waals surface area contributed by atoms with Crippen molar-refractivity contribution in [1.29, 1.82) is 0 Å². The molecule has 1 N–H and O–H groups in total. The van der Waals surface area contributed by atoms with Crippen LogP contribution in [0.4, 0.5) is 0 Å². The molecule has 0 aliphatic rings. The van der Waals surface area contributed by atoms with Crippen molar-refractivity contribution in [3.63, 3.8) is 0 Å². The molecule has 0 saturated carbocycles. The number of carbonyl (C=O) groups excluding carboxylic acids is 1. The van der Waals surface area contributed by atoms with Crippen LogP contribution >= 0.6 is 0 Å². The van der Waals surface area contributed by atoms with Crippen LogP contribution in [0.1, 0.15) is 129 Å². The molecule has 0 radical (unpaired) electrons. The molecular weight excluding hydrogens is 629 g/mol. The Morgan fingerprint density at radius 2 is 0.804 bits per heavy atom. The number of rotatable bonds is 34. The SMILES string of the molecule is CC/C=C\C/C=C\C/C=C\C/C=C\C/C=C\C/C=C\C/C=C\CCCCOCC(CO)OC(=O)CCCC/C=C\C/C=C\C/C=C\C/C=C\CC. The van der Waals surface area contributed by atoms with Gasteiger partial charge in [0.2, 0.25) is 0 Å². The molecule has 0 amide bonds. The monoisotopic (exact) mass is 701 g/mol. The maximum Gasteiger partial charge on any atom is 0.306 e. The van der Waals surface area contributed by atoms with Gasteiger partial charge in [0.1, 0.15) is 6.10 Å². The lowest BCUT2D eigenvalue weighted by Crippen LogP contribution is -2.27. The van der Waals surface area contributed by atoms with Gasteiger partial charge in [0.15, 0.2) is 0 Å². The van der Waals surface area contributed by atoms with Gasteiger partial charge in [-0.3, -0.25) is 4.79 Å². The second kappa shape index (κ2) is 42.7. The third kappa shape index (κ3) is 40.8. The van der Waals surface area contributed by atoms with E-state index in [2.05, 4.69) is 148 Å². The highest BCUT2D eigenvalue weighted by molar-refractivity contribution is 5.69. The predicted molar refractivity (Wildman–Crippen MR) is 223 cm³/mol. The first-order valence-electron chi connectivity index (χ1n) is 19.8. The van der Waals surface area contributed by atoms with Gasteiger partial charge in [0.05, 0.1) is 13.2 Å². The van der Waals surface area contributed by atoms with Gasteiger partial charge in [0, 0.05) is 13.0 Å². The molecule has 51 heavy (non-hydrogen) atoms. The Morgan fingerprint density at radius 1 is 0.471 bits per heavy atom. The van der Waals surface area contributed by atoms with Crippen LogP contribution in [0.3, 0.4) is 0 Å². The number of esters is 1. The smallest absolute Gasteiger partial charge is 0.306 e. The van der Waals surface area contributed by atoms with Crippen LogP contribution in [-0.2, 0) is 14.3 Å². The van der Waals surface area contributed by atoms with E-state index in [4.69, 9.17) is 9.47 Å². The van der Waals surface area contributed by atoms with Crippen LogP contribution in [0.25, 0.3) is 0 Å². The molecule has 0 bridgehead atoms. The van der Waals surface area contributed by atoms with Gasteiger partial charge in [-0.25, -0.2) is 0 Å². The van der Waals surface area contributed by atoms with Crippen molar-refractivity contribution >= 4 is 5.97 Å². The first-order chi connectivity index (χ1) is 25.2. The average molecular weight is 701 g/mol. The van der Waals surface area contributed by atoms with Crippen LogP contribution in [-0.4, -0.2) is 37.0 Å². The lowest BCUT2D eigenvalue weighted by molar-refractivity contribution is -0.154. The molecule has 0 heterocycles. The summed E-state index contributed by atoms with van der Waals surface area (Å²) in [6, 6.07) is 0. The molecule has 0 fully saturated rings. The topological polar surface area (TPSA) is 55.8 Å². The van der Waals surface area contributed by atoms with E-state index in [1.807, 2.05) is 0 Å². The minimum atomic E-state index is -0.590. The number of hydrogen-bond donors (Lipinski definition) is 1. The molecule has 0 aliphatic heterocycles. The van der Waals surface area contributed by atoms with Gasteiger partial charge in [-0.2, -0.15) is 0 Å². The predicted octanol–water partition coefficient (Wildman–Crippen LogP) is 13.1. The van der Waals surface area contributed by atoms with E-state index < -0.39 is 6.10 Å². The Hall–Kier alpha value is -3.47. The van der Waals surface area contributed by atoms with E-state index in [0.29, 0.717) is 13.0 Å². The van der Waals surface area contributed by atoms with Crippen molar-refractivity contribution in [2.24, 2.45) is 0 Å². The Balaban J connectivity index is 3.69. The molecule has 4 nitrogen and oxygen atoms in total. The fraction of sp³-hybridized carbons (Fsp3) is 0.511. The Morgan fingerprint density at radius 3 is 1.16 bits per heavy atom. The van der Waals surface area contributed by atoms with Gasteiger partial charge in [-0.15, -0.1) is 0 Å². The van der Waals surface area contributed by atoms with Gasteiger partial charge in [0.25, 0.3) is 0 Å². The van der Waals surface area contributed by atoms with Crippen LogP contribution in [0.5, 0.6) is 0 Å². The van der Waals surface area contributed by atoms with Crippen molar-refractivity contribution in [3.05, 3.63) is 134 Å². The summed E-state index contributed by atoms with van der Waals surface area (Å²) in [5, 5.41) is 9.57. The number of carbonyl (C=O) groups is 1. The molecule has 0 rings (SSSR count). The molecular formula is C47H72O4. The van der Waals surface area contributed by atoms with E-state index in [0.717, 1.165) is 109 Å². The molecule has 0 aliphatic carbocycles. The molecule has 284 valence electrons. The van der Waals surface area contributed by atoms with E-state index in [-0.39, 0.29) is 19.2 Å². The largest absolute Gasteiger partial charge is 0.457 e. The highest BCUT2D eigenvalue weighted by Crippen LogP contribution is 2.06. The quantitative estimate of drug-likeness (QED) is 0.0412. The maximum atomic E-state index is 12.1. The van der Waals surface area contributed by atoms with Gasteiger partial charge >= 0.3 is 5.97 Å². The summed E-state index contributed by atoms with van der Waals surface area (Å²) in [6.07, 6.45) is 65.1. The Kier molecular flexibility index (Phi) is 39.8. The lowest BCUT2D eigenvalue weighted by atomic mass is 10.2. The van der Waals surface area contributed by atoms with Gasteiger partial charge in [-0.1, -0.05) is 148 Å². The summed E-state index contributed by atoms with van der Waals surface area (Å²) in [7, 11) is 0. The summed E-state index contributed by atoms with van der Waals surface area (Å²) in [6.45, 7) is 4.93. The minimum Gasteiger partial charge on any atom is -0.457 e. The summed E-state index contributed by atoms with van der Waals surface area (Å²) in [4.78, 5) is 12.1. The van der Waals surface area contributed by atoms with E-state index in [9.17, 15) is 9.90 Å². The molecule has 1 atom stereocenters. The second-order valence-corrected chi connectivity index (χ2v) is 12.2. The molecule has 0 aromatic rings. The third-order valence-electron chi connectivity index (χ3n) is 7.47. The van der Waals surface area contributed by atoms with E-state index in [1.54, 1.807) is 0 Å². The Bertz CT molecular complexity index is 1090. The molecule has 0 saturated heterocycles. The molecule has 4 heteroatoms. The second-order valence-electron chi connectivity index (χ2n) is 12.2. The van der Waals surface area contributed by atoms with Crippen molar-refractivity contribution in [1.82, 2.24) is 0 Å². The summed E-state index contributed by atoms with van der Waals surface area (Å²) in [5.41, 5.74) is 0. The zero-order chi connectivity index (χ0) is 37.0. The van der Waals surface area contributed by atoms with Crippen LogP contribution in [0.15, 0.2) is 134 Å². The Labute approximate surface area is 313 Å². The van der Waals surface area contributed by atoms with Crippen LogP contribution in [0, 0.1) is 0 Å². The van der Waals surface area contributed by atoms with Crippen molar-refractivity contribution in [3.8, 4) is 0 Å². The fourth-order valence-corrected chi connectivity index (χ4v) is 4.59. The molecule has 0 aromatic heterocycles. The van der Waals surface area contributed by atoms with E-state index in [1.165, 1.54) is 0 Å². The zero-order valence-electron chi connectivity index (χ0n) is 32.3. The molecule has 0 aromatic carbocycles. The number of ether oxygens (including phenoxy) is 2. The summed E-state index contributed by atoms with van der Waals surface area (Å²) < 4.78 is 11.1.